The van der Waals surface area contributed by atoms with E-state index in [1.54, 1.807) is 0 Å². The highest BCUT2D eigenvalue weighted by atomic mass is 35.5. The highest BCUT2D eigenvalue weighted by Crippen LogP contribution is 2.32. The van der Waals surface area contributed by atoms with E-state index in [2.05, 4.69) is 5.10 Å². The van der Waals surface area contributed by atoms with Gasteiger partial charge in [-0.25, -0.2) is 4.68 Å². The second-order valence-corrected chi connectivity index (χ2v) is 8.48. The quantitative estimate of drug-likeness (QED) is 0.599. The summed E-state index contributed by atoms with van der Waals surface area (Å²) < 4.78 is 1.91. The maximum absolute atomic E-state index is 13.0. The standard InChI is InChI=1S/C20H22ClN3OS/c1-13-17-12-18(19(25)23(2)15-6-4-3-5-7-15)26-20(17)24(22-13)16-10-8-14(21)9-11-16/h8-12,15H,3-7H2,1-2H3. The van der Waals surface area contributed by atoms with Crippen molar-refractivity contribution in [1.29, 1.82) is 0 Å². The van der Waals surface area contributed by atoms with Crippen LogP contribution in [0.1, 0.15) is 47.5 Å². The van der Waals surface area contributed by atoms with Crippen molar-refractivity contribution in [3.63, 3.8) is 0 Å². The molecule has 0 saturated heterocycles. The Hall–Kier alpha value is -1.85. The number of rotatable bonds is 3. The number of aryl methyl sites for hydroxylation is 1. The monoisotopic (exact) mass is 387 g/mol. The Morgan fingerprint density at radius 2 is 1.92 bits per heavy atom. The van der Waals surface area contributed by atoms with Gasteiger partial charge in [-0.1, -0.05) is 30.9 Å². The molecule has 0 atom stereocenters. The number of thiophene rings is 1. The van der Waals surface area contributed by atoms with Gasteiger partial charge in [-0.2, -0.15) is 5.10 Å². The first kappa shape index (κ1) is 17.6. The lowest BCUT2D eigenvalue weighted by Crippen LogP contribution is -2.37. The van der Waals surface area contributed by atoms with Gasteiger partial charge in [0, 0.05) is 23.5 Å². The molecule has 1 aromatic carbocycles. The molecule has 26 heavy (non-hydrogen) atoms. The van der Waals surface area contributed by atoms with E-state index in [0.717, 1.165) is 39.3 Å². The first-order valence-electron chi connectivity index (χ1n) is 9.07. The van der Waals surface area contributed by atoms with E-state index in [0.29, 0.717) is 11.1 Å². The van der Waals surface area contributed by atoms with Crippen molar-refractivity contribution in [2.45, 2.75) is 45.1 Å². The SMILES string of the molecule is Cc1nn(-c2ccc(Cl)cc2)c2sc(C(=O)N(C)C3CCCCC3)cc12. The van der Waals surface area contributed by atoms with Crippen molar-refractivity contribution >= 4 is 39.1 Å². The normalized spacial score (nSPS) is 15.5. The fourth-order valence-electron chi connectivity index (χ4n) is 3.72. The fourth-order valence-corrected chi connectivity index (χ4v) is 5.01. The first-order chi connectivity index (χ1) is 12.5. The van der Waals surface area contributed by atoms with E-state index in [-0.39, 0.29) is 5.91 Å². The Balaban J connectivity index is 1.68. The van der Waals surface area contributed by atoms with Crippen LogP contribution in [0.5, 0.6) is 0 Å². The van der Waals surface area contributed by atoms with E-state index < -0.39 is 0 Å². The number of aromatic nitrogens is 2. The number of hydrogen-bond acceptors (Lipinski definition) is 3. The molecule has 2 heterocycles. The predicted octanol–water partition coefficient (Wildman–Crippen LogP) is 5.45. The molecule has 136 valence electrons. The molecule has 1 fully saturated rings. The molecule has 0 aliphatic heterocycles. The van der Waals surface area contributed by atoms with Gasteiger partial charge in [-0.05, 0) is 50.1 Å². The lowest BCUT2D eigenvalue weighted by atomic mass is 9.94. The van der Waals surface area contributed by atoms with E-state index in [1.807, 2.05) is 53.9 Å². The summed E-state index contributed by atoms with van der Waals surface area (Å²) in [6, 6.07) is 9.98. The zero-order valence-corrected chi connectivity index (χ0v) is 16.6. The fraction of sp³-hybridized carbons (Fsp3) is 0.400. The lowest BCUT2D eigenvalue weighted by molar-refractivity contribution is 0.0701. The van der Waals surface area contributed by atoms with Gasteiger partial charge in [-0.3, -0.25) is 4.79 Å². The molecule has 3 aromatic rings. The summed E-state index contributed by atoms with van der Waals surface area (Å²) in [6.45, 7) is 1.99. The van der Waals surface area contributed by atoms with Crippen molar-refractivity contribution < 1.29 is 4.79 Å². The average molecular weight is 388 g/mol. The van der Waals surface area contributed by atoms with Gasteiger partial charge >= 0.3 is 0 Å². The molecule has 1 aliphatic carbocycles. The van der Waals surface area contributed by atoms with Crippen LogP contribution in [-0.4, -0.2) is 33.7 Å². The van der Waals surface area contributed by atoms with E-state index in [9.17, 15) is 4.79 Å². The highest BCUT2D eigenvalue weighted by Gasteiger charge is 2.25. The molecule has 0 radical (unpaired) electrons. The largest absolute Gasteiger partial charge is 0.338 e. The molecule has 0 bridgehead atoms. The van der Waals surface area contributed by atoms with Crippen molar-refractivity contribution in [2.75, 3.05) is 7.05 Å². The minimum atomic E-state index is 0.125. The van der Waals surface area contributed by atoms with Crippen LogP contribution in [0.3, 0.4) is 0 Å². The topological polar surface area (TPSA) is 38.1 Å². The minimum absolute atomic E-state index is 0.125. The first-order valence-corrected chi connectivity index (χ1v) is 10.3. The Labute approximate surface area is 162 Å². The lowest BCUT2D eigenvalue weighted by Gasteiger charge is -2.30. The molecule has 6 heteroatoms. The molecule has 2 aromatic heterocycles. The average Bonchev–Trinajstić information content (AvgIpc) is 3.23. The van der Waals surface area contributed by atoms with Crippen LogP contribution in [0, 0.1) is 6.92 Å². The third kappa shape index (κ3) is 3.14. The van der Waals surface area contributed by atoms with Crippen LogP contribution in [0.15, 0.2) is 30.3 Å². The van der Waals surface area contributed by atoms with Gasteiger partial charge in [0.2, 0.25) is 0 Å². The molecule has 0 spiro atoms. The van der Waals surface area contributed by atoms with Gasteiger partial charge in [-0.15, -0.1) is 11.3 Å². The maximum atomic E-state index is 13.0. The Kier molecular flexibility index (Phi) is 4.76. The third-order valence-electron chi connectivity index (χ3n) is 5.27. The number of hydrogen-bond donors (Lipinski definition) is 0. The van der Waals surface area contributed by atoms with Gasteiger partial charge in [0.15, 0.2) is 0 Å². The summed E-state index contributed by atoms with van der Waals surface area (Å²) in [6.07, 6.45) is 5.96. The van der Waals surface area contributed by atoms with Gasteiger partial charge in [0.25, 0.3) is 5.91 Å². The van der Waals surface area contributed by atoms with Gasteiger partial charge < -0.3 is 4.90 Å². The Bertz CT molecular complexity index is 938. The summed E-state index contributed by atoms with van der Waals surface area (Å²) in [4.78, 5) is 16.7. The van der Waals surface area contributed by atoms with E-state index in [1.165, 1.54) is 30.6 Å². The molecule has 1 amide bonds. The highest BCUT2D eigenvalue weighted by molar-refractivity contribution is 7.20. The predicted molar refractivity (Wildman–Crippen MR) is 108 cm³/mol. The summed E-state index contributed by atoms with van der Waals surface area (Å²) in [5, 5.41) is 6.39. The van der Waals surface area contributed by atoms with Crippen LogP contribution in [0.2, 0.25) is 5.02 Å². The molecule has 0 N–H and O–H groups in total. The van der Waals surface area contributed by atoms with Crippen LogP contribution < -0.4 is 0 Å². The van der Waals surface area contributed by atoms with Crippen molar-refractivity contribution in [3.8, 4) is 5.69 Å². The number of halogens is 1. The smallest absolute Gasteiger partial charge is 0.264 e. The number of benzene rings is 1. The maximum Gasteiger partial charge on any atom is 0.264 e. The number of fused-ring (bicyclic) bond motifs is 1. The molecular formula is C20H22ClN3OS. The van der Waals surface area contributed by atoms with Crippen LogP contribution in [0.25, 0.3) is 15.9 Å². The van der Waals surface area contributed by atoms with Crippen LogP contribution in [-0.2, 0) is 0 Å². The van der Waals surface area contributed by atoms with E-state index in [4.69, 9.17) is 11.6 Å². The molecule has 4 nitrogen and oxygen atoms in total. The molecule has 1 aliphatic rings. The van der Waals surface area contributed by atoms with Crippen LogP contribution in [0.4, 0.5) is 0 Å². The molecule has 4 rings (SSSR count). The second kappa shape index (κ2) is 7.05. The molecule has 1 saturated carbocycles. The number of carbonyl (C=O) groups excluding carboxylic acids is 1. The summed E-state index contributed by atoms with van der Waals surface area (Å²) in [5.41, 5.74) is 1.89. The number of amides is 1. The summed E-state index contributed by atoms with van der Waals surface area (Å²) in [7, 11) is 1.95. The van der Waals surface area contributed by atoms with Crippen molar-refractivity contribution in [3.05, 3.63) is 45.9 Å². The number of nitrogens with zero attached hydrogens (tertiary/aromatic N) is 3. The Morgan fingerprint density at radius 1 is 1.23 bits per heavy atom. The second-order valence-electron chi connectivity index (χ2n) is 7.01. The van der Waals surface area contributed by atoms with Gasteiger partial charge in [0.1, 0.15) is 4.83 Å². The Morgan fingerprint density at radius 3 is 2.62 bits per heavy atom. The zero-order chi connectivity index (χ0) is 18.3. The number of carbonyl (C=O) groups is 1. The van der Waals surface area contributed by atoms with Crippen molar-refractivity contribution in [1.82, 2.24) is 14.7 Å². The summed E-state index contributed by atoms with van der Waals surface area (Å²) >= 11 is 7.52. The third-order valence-corrected chi connectivity index (χ3v) is 6.62. The van der Waals surface area contributed by atoms with Crippen LogP contribution >= 0.6 is 22.9 Å². The van der Waals surface area contributed by atoms with E-state index >= 15 is 0 Å². The van der Waals surface area contributed by atoms with Gasteiger partial charge in [0.05, 0.1) is 16.3 Å². The summed E-state index contributed by atoms with van der Waals surface area (Å²) in [5.74, 6) is 0.125. The van der Waals surface area contributed by atoms with Crippen molar-refractivity contribution in [2.24, 2.45) is 0 Å². The molecular weight excluding hydrogens is 366 g/mol. The zero-order valence-electron chi connectivity index (χ0n) is 15.0. The minimum Gasteiger partial charge on any atom is -0.338 e. The molecule has 0 unspecified atom stereocenters.